The minimum absolute atomic E-state index is 0.0878. The lowest BCUT2D eigenvalue weighted by atomic mass is 10.1. The van der Waals surface area contributed by atoms with E-state index in [4.69, 9.17) is 11.6 Å². The summed E-state index contributed by atoms with van der Waals surface area (Å²) in [5.74, 6) is 0.208. The number of rotatable bonds is 9. The van der Waals surface area contributed by atoms with Crippen LogP contribution in [-0.2, 0) is 15.6 Å². The van der Waals surface area contributed by atoms with Gasteiger partial charge in [-0.3, -0.25) is 9.00 Å². The van der Waals surface area contributed by atoms with Crippen molar-refractivity contribution in [2.24, 2.45) is 0 Å². The van der Waals surface area contributed by atoms with Crippen molar-refractivity contribution in [2.75, 3.05) is 5.75 Å². The number of carbonyl (C=O) groups is 1. The zero-order chi connectivity index (χ0) is 14.1. The molecule has 0 N–H and O–H groups in total. The SMILES string of the molecule is CCCCCCCC(=O)CS(=O)c1ccc(Cl)cc1. The smallest absolute Gasteiger partial charge is 0.145 e. The summed E-state index contributed by atoms with van der Waals surface area (Å²) < 4.78 is 11.9. The maximum Gasteiger partial charge on any atom is 0.145 e. The minimum Gasteiger partial charge on any atom is -0.299 e. The zero-order valence-corrected chi connectivity index (χ0v) is 12.9. The molecular weight excluding hydrogens is 280 g/mol. The molecule has 0 bridgehead atoms. The van der Waals surface area contributed by atoms with Crippen LogP contribution >= 0.6 is 11.6 Å². The van der Waals surface area contributed by atoms with Gasteiger partial charge in [-0.15, -0.1) is 0 Å². The molecule has 1 aromatic carbocycles. The van der Waals surface area contributed by atoms with Crippen LogP contribution in [0.15, 0.2) is 29.2 Å². The molecule has 0 saturated heterocycles. The number of Topliss-reactive ketones (excluding diaryl/α,β-unsaturated/α-hetero) is 1. The molecule has 0 amide bonds. The van der Waals surface area contributed by atoms with Crippen molar-refractivity contribution >= 4 is 28.2 Å². The summed E-state index contributed by atoms with van der Waals surface area (Å²) >= 11 is 5.77. The first kappa shape index (κ1) is 16.4. The zero-order valence-electron chi connectivity index (χ0n) is 11.4. The summed E-state index contributed by atoms with van der Waals surface area (Å²) in [5.41, 5.74) is 0. The van der Waals surface area contributed by atoms with E-state index in [1.807, 2.05) is 0 Å². The van der Waals surface area contributed by atoms with Crippen molar-refractivity contribution in [3.63, 3.8) is 0 Å². The van der Waals surface area contributed by atoms with Crippen molar-refractivity contribution in [1.29, 1.82) is 0 Å². The Hall–Kier alpha value is -0.670. The molecule has 0 aliphatic carbocycles. The fraction of sp³-hybridized carbons (Fsp3) is 0.533. The summed E-state index contributed by atoms with van der Waals surface area (Å²) in [4.78, 5) is 12.4. The molecule has 1 unspecified atom stereocenters. The van der Waals surface area contributed by atoms with Crippen LogP contribution in [0, 0.1) is 0 Å². The van der Waals surface area contributed by atoms with E-state index in [1.54, 1.807) is 24.3 Å². The molecule has 0 aliphatic rings. The van der Waals surface area contributed by atoms with Crippen molar-refractivity contribution < 1.29 is 9.00 Å². The van der Waals surface area contributed by atoms with Crippen molar-refractivity contribution in [3.8, 4) is 0 Å². The van der Waals surface area contributed by atoms with E-state index in [-0.39, 0.29) is 11.5 Å². The number of unbranched alkanes of at least 4 members (excludes halogenated alkanes) is 4. The van der Waals surface area contributed by atoms with Gasteiger partial charge in [0.1, 0.15) is 5.78 Å². The lowest BCUT2D eigenvalue weighted by molar-refractivity contribution is -0.116. The van der Waals surface area contributed by atoms with Crippen molar-refractivity contribution in [1.82, 2.24) is 0 Å². The Labute approximate surface area is 123 Å². The normalized spacial score (nSPS) is 12.3. The molecule has 19 heavy (non-hydrogen) atoms. The van der Waals surface area contributed by atoms with E-state index in [0.717, 1.165) is 12.8 Å². The molecular formula is C15H21ClO2S. The second-order valence-corrected chi connectivity index (χ2v) is 6.53. The van der Waals surface area contributed by atoms with Crippen molar-refractivity contribution in [2.45, 2.75) is 50.3 Å². The Kier molecular flexibility index (Phi) is 7.99. The third-order valence-corrected chi connectivity index (χ3v) is 4.56. The minimum atomic E-state index is -1.24. The van der Waals surface area contributed by atoms with E-state index < -0.39 is 10.8 Å². The Morgan fingerprint density at radius 3 is 2.37 bits per heavy atom. The maximum atomic E-state index is 11.9. The number of hydrogen-bond donors (Lipinski definition) is 0. The van der Waals surface area contributed by atoms with Crippen LogP contribution in [0.2, 0.25) is 5.02 Å². The molecule has 0 aliphatic heterocycles. The van der Waals surface area contributed by atoms with Crippen LogP contribution in [0.4, 0.5) is 0 Å². The molecule has 106 valence electrons. The molecule has 0 radical (unpaired) electrons. The molecule has 0 fully saturated rings. The van der Waals surface area contributed by atoms with E-state index in [9.17, 15) is 9.00 Å². The number of ketones is 1. The Morgan fingerprint density at radius 2 is 1.74 bits per heavy atom. The number of halogens is 1. The van der Waals surface area contributed by atoms with E-state index in [1.165, 1.54) is 19.3 Å². The first-order valence-electron chi connectivity index (χ1n) is 6.79. The van der Waals surface area contributed by atoms with Gasteiger partial charge in [-0.05, 0) is 30.7 Å². The number of benzene rings is 1. The van der Waals surface area contributed by atoms with Crippen LogP contribution in [-0.4, -0.2) is 15.7 Å². The molecule has 1 atom stereocenters. The highest BCUT2D eigenvalue weighted by molar-refractivity contribution is 7.85. The standard InChI is InChI=1S/C15H21ClO2S/c1-2-3-4-5-6-7-14(17)12-19(18)15-10-8-13(16)9-11-15/h8-11H,2-7,12H2,1H3. The second kappa shape index (κ2) is 9.27. The first-order chi connectivity index (χ1) is 9.13. The largest absolute Gasteiger partial charge is 0.299 e. The molecule has 1 rings (SSSR count). The second-order valence-electron chi connectivity index (χ2n) is 4.65. The highest BCUT2D eigenvalue weighted by Gasteiger charge is 2.10. The van der Waals surface area contributed by atoms with Gasteiger partial charge in [-0.25, -0.2) is 0 Å². The predicted molar refractivity (Wildman–Crippen MR) is 81.1 cm³/mol. The van der Waals surface area contributed by atoms with Crippen LogP contribution < -0.4 is 0 Å². The fourth-order valence-corrected chi connectivity index (χ4v) is 2.98. The quantitative estimate of drug-likeness (QED) is 0.634. The first-order valence-corrected chi connectivity index (χ1v) is 8.49. The average Bonchev–Trinajstić information content (AvgIpc) is 2.39. The summed E-state index contributed by atoms with van der Waals surface area (Å²) in [6.07, 6.45) is 6.16. The predicted octanol–water partition coefficient (Wildman–Crippen LogP) is 4.38. The molecule has 2 nitrogen and oxygen atoms in total. The van der Waals surface area contributed by atoms with Gasteiger partial charge in [-0.1, -0.05) is 44.2 Å². The third-order valence-electron chi connectivity index (χ3n) is 2.93. The topological polar surface area (TPSA) is 34.1 Å². The highest BCUT2D eigenvalue weighted by Crippen LogP contribution is 2.13. The number of hydrogen-bond acceptors (Lipinski definition) is 2. The Balaban J connectivity index is 2.28. The van der Waals surface area contributed by atoms with Crippen LogP contribution in [0.1, 0.15) is 45.4 Å². The molecule has 0 spiro atoms. The molecule has 4 heteroatoms. The van der Waals surface area contributed by atoms with Gasteiger partial charge < -0.3 is 0 Å². The van der Waals surface area contributed by atoms with Gasteiger partial charge in [0.2, 0.25) is 0 Å². The highest BCUT2D eigenvalue weighted by atomic mass is 35.5. The average molecular weight is 301 g/mol. The van der Waals surface area contributed by atoms with Gasteiger partial charge >= 0.3 is 0 Å². The monoisotopic (exact) mass is 300 g/mol. The molecule has 0 aromatic heterocycles. The maximum absolute atomic E-state index is 11.9. The van der Waals surface area contributed by atoms with Gasteiger partial charge in [0.05, 0.1) is 16.6 Å². The lowest BCUT2D eigenvalue weighted by Gasteiger charge is -2.03. The fourth-order valence-electron chi connectivity index (χ4n) is 1.81. The summed E-state index contributed by atoms with van der Waals surface area (Å²) in [6, 6.07) is 6.83. The Morgan fingerprint density at radius 1 is 1.11 bits per heavy atom. The third kappa shape index (κ3) is 6.88. The summed E-state index contributed by atoms with van der Waals surface area (Å²) in [7, 11) is -1.24. The van der Waals surface area contributed by atoms with Gasteiger partial charge in [0.25, 0.3) is 0 Å². The van der Waals surface area contributed by atoms with E-state index in [0.29, 0.717) is 16.3 Å². The van der Waals surface area contributed by atoms with Crippen molar-refractivity contribution in [3.05, 3.63) is 29.3 Å². The van der Waals surface area contributed by atoms with Gasteiger partial charge in [0, 0.05) is 16.3 Å². The molecule has 0 heterocycles. The summed E-state index contributed by atoms with van der Waals surface area (Å²) in [6.45, 7) is 2.17. The van der Waals surface area contributed by atoms with Gasteiger partial charge in [-0.2, -0.15) is 0 Å². The van der Waals surface area contributed by atoms with Crippen LogP contribution in [0.5, 0.6) is 0 Å². The summed E-state index contributed by atoms with van der Waals surface area (Å²) in [5, 5.41) is 0.614. The molecule has 1 aromatic rings. The van der Waals surface area contributed by atoms with Crippen LogP contribution in [0.3, 0.4) is 0 Å². The van der Waals surface area contributed by atoms with E-state index >= 15 is 0 Å². The molecule has 0 saturated carbocycles. The van der Waals surface area contributed by atoms with E-state index in [2.05, 4.69) is 6.92 Å². The lowest BCUT2D eigenvalue weighted by Crippen LogP contribution is -2.10. The van der Waals surface area contributed by atoms with Gasteiger partial charge in [0.15, 0.2) is 0 Å². The Bertz CT molecular complexity index is 415. The number of carbonyl (C=O) groups excluding carboxylic acids is 1. The van der Waals surface area contributed by atoms with Crippen LogP contribution in [0.25, 0.3) is 0 Å².